The van der Waals surface area contributed by atoms with Gasteiger partial charge >= 0.3 is 0 Å². The average molecular weight is 205 g/mol. The number of nitrogens with zero attached hydrogens (tertiary/aromatic N) is 3. The molecule has 0 saturated heterocycles. The second-order valence-electron chi connectivity index (χ2n) is 3.23. The summed E-state index contributed by atoms with van der Waals surface area (Å²) in [6, 6.07) is 6.53. The smallest absolute Gasteiger partial charge is 0.137 e. The van der Waals surface area contributed by atoms with Gasteiger partial charge in [0.15, 0.2) is 0 Å². The van der Waals surface area contributed by atoms with Crippen molar-refractivity contribution in [1.29, 1.82) is 0 Å². The monoisotopic (exact) mass is 205 g/mol. The van der Waals surface area contributed by atoms with Gasteiger partial charge in [-0.3, -0.25) is 4.68 Å². The first-order chi connectivity index (χ1) is 7.25. The second-order valence-corrected chi connectivity index (χ2v) is 3.23. The summed E-state index contributed by atoms with van der Waals surface area (Å²) in [5, 5.41) is 22.9. The average Bonchev–Trinajstić information content (AvgIpc) is 2.70. The van der Waals surface area contributed by atoms with Gasteiger partial charge in [0.1, 0.15) is 18.4 Å². The van der Waals surface area contributed by atoms with Crippen LogP contribution in [-0.2, 0) is 6.54 Å². The minimum atomic E-state index is -0.696. The lowest BCUT2D eigenvalue weighted by Crippen LogP contribution is -2.08. The molecule has 1 aromatic carbocycles. The van der Waals surface area contributed by atoms with E-state index in [-0.39, 0.29) is 5.75 Å². The number of phenolic OH excluding ortho intramolecular Hbond substituents is 1. The van der Waals surface area contributed by atoms with Crippen molar-refractivity contribution in [3.8, 4) is 5.75 Å². The normalized spacial score (nSPS) is 12.6. The van der Waals surface area contributed by atoms with Gasteiger partial charge in [-0.1, -0.05) is 12.1 Å². The van der Waals surface area contributed by atoms with Crippen LogP contribution in [0.5, 0.6) is 5.75 Å². The molecule has 1 atom stereocenters. The molecule has 2 aromatic rings. The topological polar surface area (TPSA) is 71.2 Å². The summed E-state index contributed by atoms with van der Waals surface area (Å²) in [5.41, 5.74) is 0.658. The van der Waals surface area contributed by atoms with Gasteiger partial charge in [0.05, 0.1) is 12.6 Å². The quantitative estimate of drug-likeness (QED) is 0.774. The highest BCUT2D eigenvalue weighted by atomic mass is 16.3. The fourth-order valence-electron chi connectivity index (χ4n) is 1.34. The Hall–Kier alpha value is -1.88. The number of phenols is 1. The molecular formula is C10H11N3O2. The molecule has 0 amide bonds. The Kier molecular flexibility index (Phi) is 2.64. The maximum atomic E-state index is 9.82. The highest BCUT2D eigenvalue weighted by Crippen LogP contribution is 2.18. The number of aliphatic hydroxyl groups excluding tert-OH is 1. The Balaban J connectivity index is 2.11. The van der Waals surface area contributed by atoms with Crippen LogP contribution in [0.3, 0.4) is 0 Å². The maximum absolute atomic E-state index is 9.82. The van der Waals surface area contributed by atoms with Crippen LogP contribution in [0, 0.1) is 0 Å². The fraction of sp³-hybridized carbons (Fsp3) is 0.200. The largest absolute Gasteiger partial charge is 0.508 e. The zero-order valence-corrected chi connectivity index (χ0v) is 7.98. The molecule has 1 unspecified atom stereocenters. The van der Waals surface area contributed by atoms with Gasteiger partial charge in [0.25, 0.3) is 0 Å². The standard InChI is InChI=1S/C10H11N3O2/c14-9-3-1-2-8(4-9)10(15)5-13-7-11-6-12-13/h1-4,6-7,10,14-15H,5H2. The lowest BCUT2D eigenvalue weighted by molar-refractivity contribution is 0.151. The number of hydrogen-bond donors (Lipinski definition) is 2. The predicted molar refractivity (Wildman–Crippen MR) is 53.1 cm³/mol. The van der Waals surface area contributed by atoms with E-state index in [0.29, 0.717) is 12.1 Å². The van der Waals surface area contributed by atoms with Gasteiger partial charge in [-0.15, -0.1) is 0 Å². The van der Waals surface area contributed by atoms with Crippen molar-refractivity contribution < 1.29 is 10.2 Å². The van der Waals surface area contributed by atoms with Crippen molar-refractivity contribution in [2.75, 3.05) is 0 Å². The molecule has 5 heteroatoms. The molecular weight excluding hydrogens is 194 g/mol. The summed E-state index contributed by atoms with van der Waals surface area (Å²) < 4.78 is 1.54. The Bertz CT molecular complexity index is 428. The lowest BCUT2D eigenvalue weighted by Gasteiger charge is -2.10. The minimum absolute atomic E-state index is 0.144. The molecule has 0 spiro atoms. The first kappa shape index (κ1) is 9.67. The Morgan fingerprint density at radius 1 is 1.40 bits per heavy atom. The first-order valence-electron chi connectivity index (χ1n) is 4.55. The molecule has 1 heterocycles. The molecule has 0 bridgehead atoms. The van der Waals surface area contributed by atoms with E-state index in [4.69, 9.17) is 0 Å². The molecule has 0 fully saturated rings. The third kappa shape index (κ3) is 2.32. The van der Waals surface area contributed by atoms with E-state index in [1.54, 1.807) is 18.2 Å². The first-order valence-corrected chi connectivity index (χ1v) is 4.55. The van der Waals surface area contributed by atoms with Crippen LogP contribution in [0.25, 0.3) is 0 Å². The Morgan fingerprint density at radius 3 is 2.93 bits per heavy atom. The van der Waals surface area contributed by atoms with Gasteiger partial charge in [-0.25, -0.2) is 4.98 Å². The molecule has 0 aliphatic heterocycles. The van der Waals surface area contributed by atoms with E-state index in [9.17, 15) is 10.2 Å². The third-order valence-electron chi connectivity index (χ3n) is 2.08. The van der Waals surface area contributed by atoms with Crippen LogP contribution >= 0.6 is 0 Å². The molecule has 78 valence electrons. The number of aromatic hydroxyl groups is 1. The molecule has 15 heavy (non-hydrogen) atoms. The van der Waals surface area contributed by atoms with Gasteiger partial charge < -0.3 is 10.2 Å². The number of benzene rings is 1. The zero-order valence-electron chi connectivity index (χ0n) is 7.98. The summed E-state index contributed by atoms with van der Waals surface area (Å²) >= 11 is 0. The summed E-state index contributed by atoms with van der Waals surface area (Å²) in [6.07, 6.45) is 2.25. The van der Waals surface area contributed by atoms with E-state index in [2.05, 4.69) is 10.1 Å². The van der Waals surface area contributed by atoms with Crippen LogP contribution in [0.1, 0.15) is 11.7 Å². The summed E-state index contributed by atoms with van der Waals surface area (Å²) in [7, 11) is 0. The number of aliphatic hydroxyl groups is 1. The van der Waals surface area contributed by atoms with E-state index in [1.807, 2.05) is 0 Å². The van der Waals surface area contributed by atoms with Crippen molar-refractivity contribution in [1.82, 2.24) is 14.8 Å². The highest BCUT2D eigenvalue weighted by molar-refractivity contribution is 5.28. The van der Waals surface area contributed by atoms with Crippen molar-refractivity contribution >= 4 is 0 Å². The van der Waals surface area contributed by atoms with Gasteiger partial charge in [-0.2, -0.15) is 5.10 Å². The molecule has 2 rings (SSSR count). The Labute approximate surface area is 86.6 Å². The summed E-state index contributed by atoms with van der Waals surface area (Å²) in [4.78, 5) is 3.78. The van der Waals surface area contributed by atoms with Crippen molar-refractivity contribution in [2.24, 2.45) is 0 Å². The summed E-state index contributed by atoms with van der Waals surface area (Å²) in [6.45, 7) is 0.323. The molecule has 0 aliphatic rings. The van der Waals surface area contributed by atoms with E-state index < -0.39 is 6.10 Å². The summed E-state index contributed by atoms with van der Waals surface area (Å²) in [5.74, 6) is 0.144. The van der Waals surface area contributed by atoms with Crippen molar-refractivity contribution in [2.45, 2.75) is 12.6 Å². The van der Waals surface area contributed by atoms with Gasteiger partial charge in [0.2, 0.25) is 0 Å². The van der Waals surface area contributed by atoms with E-state index in [1.165, 1.54) is 23.4 Å². The third-order valence-corrected chi connectivity index (χ3v) is 2.08. The number of rotatable bonds is 3. The number of hydrogen-bond acceptors (Lipinski definition) is 4. The van der Waals surface area contributed by atoms with E-state index in [0.717, 1.165) is 0 Å². The molecule has 0 aliphatic carbocycles. The van der Waals surface area contributed by atoms with E-state index >= 15 is 0 Å². The molecule has 0 radical (unpaired) electrons. The predicted octanol–water partition coefficient (Wildman–Crippen LogP) is 0.717. The SMILES string of the molecule is Oc1cccc(C(O)Cn2cncn2)c1. The fourth-order valence-corrected chi connectivity index (χ4v) is 1.34. The zero-order chi connectivity index (χ0) is 10.7. The molecule has 5 nitrogen and oxygen atoms in total. The molecule has 2 N–H and O–H groups in total. The van der Waals surface area contributed by atoms with Crippen LogP contribution < -0.4 is 0 Å². The second kappa shape index (κ2) is 4.10. The minimum Gasteiger partial charge on any atom is -0.508 e. The Morgan fingerprint density at radius 2 is 2.27 bits per heavy atom. The maximum Gasteiger partial charge on any atom is 0.137 e. The van der Waals surface area contributed by atoms with Crippen LogP contribution in [0.4, 0.5) is 0 Å². The highest BCUT2D eigenvalue weighted by Gasteiger charge is 2.08. The van der Waals surface area contributed by atoms with Gasteiger partial charge in [-0.05, 0) is 17.7 Å². The molecule has 0 saturated carbocycles. The lowest BCUT2D eigenvalue weighted by atomic mass is 10.1. The van der Waals surface area contributed by atoms with Crippen molar-refractivity contribution in [3.05, 3.63) is 42.5 Å². The van der Waals surface area contributed by atoms with Gasteiger partial charge in [0, 0.05) is 0 Å². The van der Waals surface area contributed by atoms with Crippen molar-refractivity contribution in [3.63, 3.8) is 0 Å². The molecule has 1 aromatic heterocycles. The van der Waals surface area contributed by atoms with Crippen LogP contribution in [0.2, 0.25) is 0 Å². The van der Waals surface area contributed by atoms with Crippen LogP contribution in [-0.4, -0.2) is 25.0 Å². The van der Waals surface area contributed by atoms with Crippen LogP contribution in [0.15, 0.2) is 36.9 Å². The number of aromatic nitrogens is 3.